The molecule has 0 atom stereocenters. The molecule has 5 heteroatoms. The largest absolute Gasteiger partial charge is 0.381 e. The maximum Gasteiger partial charge on any atom is 0.240 e. The first-order valence-electron chi connectivity index (χ1n) is 5.74. The Morgan fingerprint density at radius 3 is 2.71 bits per heavy atom. The van der Waals surface area contributed by atoms with Gasteiger partial charge >= 0.3 is 0 Å². The van der Waals surface area contributed by atoms with E-state index in [0.29, 0.717) is 32.6 Å². The van der Waals surface area contributed by atoms with Gasteiger partial charge in [-0.3, -0.25) is 9.78 Å². The Balaban J connectivity index is 1.88. The van der Waals surface area contributed by atoms with Crippen LogP contribution in [0.25, 0.3) is 0 Å². The van der Waals surface area contributed by atoms with Gasteiger partial charge < -0.3 is 15.8 Å². The second-order valence-electron chi connectivity index (χ2n) is 4.31. The van der Waals surface area contributed by atoms with Gasteiger partial charge in [-0.05, 0) is 30.5 Å². The van der Waals surface area contributed by atoms with Crippen LogP contribution in [0.1, 0.15) is 18.4 Å². The molecular weight excluding hydrogens is 218 g/mol. The van der Waals surface area contributed by atoms with Gasteiger partial charge in [0.1, 0.15) is 0 Å². The average Bonchev–Trinajstić information content (AvgIpc) is 2.38. The van der Waals surface area contributed by atoms with Crippen molar-refractivity contribution in [2.24, 2.45) is 5.73 Å². The molecule has 3 N–H and O–H groups in total. The Bertz CT molecular complexity index is 375. The summed E-state index contributed by atoms with van der Waals surface area (Å²) in [6, 6.07) is 3.74. The maximum absolute atomic E-state index is 12.0. The minimum absolute atomic E-state index is 0.0994. The topological polar surface area (TPSA) is 77.2 Å². The molecule has 5 nitrogen and oxygen atoms in total. The lowest BCUT2D eigenvalue weighted by Crippen LogP contribution is -2.56. The van der Waals surface area contributed by atoms with Crippen LogP contribution >= 0.6 is 0 Å². The van der Waals surface area contributed by atoms with Crippen LogP contribution in [-0.4, -0.2) is 29.6 Å². The Hall–Kier alpha value is -1.46. The lowest BCUT2D eigenvalue weighted by atomic mass is 9.90. The first kappa shape index (κ1) is 12.0. The molecule has 1 aliphatic heterocycles. The number of hydrogen-bond donors (Lipinski definition) is 2. The van der Waals surface area contributed by atoms with Crippen molar-refractivity contribution in [1.29, 1.82) is 0 Å². The number of amides is 1. The van der Waals surface area contributed by atoms with Crippen LogP contribution in [-0.2, 0) is 16.1 Å². The molecule has 0 radical (unpaired) electrons. The first-order valence-corrected chi connectivity index (χ1v) is 5.74. The number of hydrogen-bond acceptors (Lipinski definition) is 4. The zero-order chi connectivity index (χ0) is 12.1. The van der Waals surface area contributed by atoms with Crippen molar-refractivity contribution in [3.8, 4) is 0 Å². The van der Waals surface area contributed by atoms with Crippen LogP contribution in [0.3, 0.4) is 0 Å². The lowest BCUT2D eigenvalue weighted by Gasteiger charge is -2.31. The van der Waals surface area contributed by atoms with E-state index in [-0.39, 0.29) is 5.91 Å². The summed E-state index contributed by atoms with van der Waals surface area (Å²) in [5.41, 5.74) is 6.31. The second kappa shape index (κ2) is 5.25. The number of nitrogens with one attached hydrogen (secondary N) is 1. The number of rotatable bonds is 3. The molecule has 1 aromatic heterocycles. The standard InChI is InChI=1S/C12H17N3O2/c13-12(3-7-17-8-4-12)11(16)15-9-10-1-5-14-6-2-10/h1-2,5-6H,3-4,7-9,13H2,(H,15,16). The van der Waals surface area contributed by atoms with Gasteiger partial charge in [0.2, 0.25) is 5.91 Å². The van der Waals surface area contributed by atoms with Gasteiger partial charge in [-0.25, -0.2) is 0 Å². The van der Waals surface area contributed by atoms with Crippen LogP contribution < -0.4 is 11.1 Å². The fourth-order valence-electron chi connectivity index (χ4n) is 1.82. The van der Waals surface area contributed by atoms with Crippen LogP contribution in [0.15, 0.2) is 24.5 Å². The minimum atomic E-state index is -0.773. The van der Waals surface area contributed by atoms with Gasteiger partial charge in [0.15, 0.2) is 0 Å². The van der Waals surface area contributed by atoms with Crippen molar-refractivity contribution in [2.75, 3.05) is 13.2 Å². The zero-order valence-electron chi connectivity index (χ0n) is 9.69. The van der Waals surface area contributed by atoms with Crippen LogP contribution in [0.5, 0.6) is 0 Å². The molecule has 92 valence electrons. The summed E-state index contributed by atoms with van der Waals surface area (Å²) in [5, 5.41) is 2.86. The van der Waals surface area contributed by atoms with E-state index >= 15 is 0 Å². The van der Waals surface area contributed by atoms with Crippen LogP contribution in [0.4, 0.5) is 0 Å². The summed E-state index contributed by atoms with van der Waals surface area (Å²) in [5.74, 6) is -0.0994. The van der Waals surface area contributed by atoms with E-state index in [0.717, 1.165) is 5.56 Å². The molecule has 0 unspecified atom stereocenters. The van der Waals surface area contributed by atoms with Crippen LogP contribution in [0, 0.1) is 0 Å². The number of carbonyl (C=O) groups is 1. The molecule has 1 aromatic rings. The molecule has 1 saturated heterocycles. The van der Waals surface area contributed by atoms with Gasteiger partial charge in [-0.2, -0.15) is 0 Å². The van der Waals surface area contributed by atoms with Crippen molar-refractivity contribution < 1.29 is 9.53 Å². The summed E-state index contributed by atoms with van der Waals surface area (Å²) in [6.45, 7) is 1.60. The fourth-order valence-corrected chi connectivity index (χ4v) is 1.82. The molecular formula is C12H17N3O2. The summed E-state index contributed by atoms with van der Waals surface area (Å²) >= 11 is 0. The number of carbonyl (C=O) groups excluding carboxylic acids is 1. The van der Waals surface area contributed by atoms with Gasteiger partial charge in [0.25, 0.3) is 0 Å². The fraction of sp³-hybridized carbons (Fsp3) is 0.500. The number of nitrogens with two attached hydrogens (primary N) is 1. The molecule has 0 aromatic carbocycles. The zero-order valence-corrected chi connectivity index (χ0v) is 9.69. The highest BCUT2D eigenvalue weighted by Gasteiger charge is 2.35. The molecule has 2 heterocycles. The third kappa shape index (κ3) is 3.01. The van der Waals surface area contributed by atoms with Gasteiger partial charge in [-0.15, -0.1) is 0 Å². The van der Waals surface area contributed by atoms with E-state index in [4.69, 9.17) is 10.5 Å². The minimum Gasteiger partial charge on any atom is -0.381 e. The number of ether oxygens (including phenoxy) is 1. The highest BCUT2D eigenvalue weighted by molar-refractivity contribution is 5.86. The summed E-state index contributed by atoms with van der Waals surface area (Å²) in [6.07, 6.45) is 4.56. The van der Waals surface area contributed by atoms with Crippen molar-refractivity contribution >= 4 is 5.91 Å². The lowest BCUT2D eigenvalue weighted by molar-refractivity contribution is -0.129. The molecule has 17 heavy (non-hydrogen) atoms. The normalized spacial score (nSPS) is 18.6. The van der Waals surface area contributed by atoms with E-state index in [2.05, 4.69) is 10.3 Å². The average molecular weight is 235 g/mol. The van der Waals surface area contributed by atoms with Crippen molar-refractivity contribution in [3.63, 3.8) is 0 Å². The summed E-state index contributed by atoms with van der Waals surface area (Å²) in [4.78, 5) is 15.9. The summed E-state index contributed by atoms with van der Waals surface area (Å²) in [7, 11) is 0. The predicted octanol–water partition coefficient (Wildman–Crippen LogP) is 0.206. The van der Waals surface area contributed by atoms with Crippen molar-refractivity contribution in [1.82, 2.24) is 10.3 Å². The molecule has 0 bridgehead atoms. The van der Waals surface area contributed by atoms with Gasteiger partial charge in [0.05, 0.1) is 5.54 Å². The molecule has 1 aliphatic rings. The summed E-state index contributed by atoms with van der Waals surface area (Å²) < 4.78 is 5.21. The molecule has 0 saturated carbocycles. The van der Waals surface area contributed by atoms with Gasteiger partial charge in [-0.1, -0.05) is 0 Å². The molecule has 2 rings (SSSR count). The molecule has 1 fully saturated rings. The van der Waals surface area contributed by atoms with Crippen molar-refractivity contribution in [2.45, 2.75) is 24.9 Å². The smallest absolute Gasteiger partial charge is 0.240 e. The Labute approximate surface area is 100 Å². The highest BCUT2D eigenvalue weighted by atomic mass is 16.5. The highest BCUT2D eigenvalue weighted by Crippen LogP contribution is 2.17. The van der Waals surface area contributed by atoms with Gasteiger partial charge in [0, 0.05) is 32.2 Å². The Kier molecular flexibility index (Phi) is 3.71. The monoisotopic (exact) mass is 235 g/mol. The Morgan fingerprint density at radius 1 is 1.41 bits per heavy atom. The third-order valence-electron chi connectivity index (χ3n) is 3.04. The number of aromatic nitrogens is 1. The third-order valence-corrected chi connectivity index (χ3v) is 3.04. The number of nitrogens with zero attached hydrogens (tertiary/aromatic N) is 1. The second-order valence-corrected chi connectivity index (χ2v) is 4.31. The number of pyridine rings is 1. The van der Waals surface area contributed by atoms with E-state index < -0.39 is 5.54 Å². The Morgan fingerprint density at radius 2 is 2.06 bits per heavy atom. The van der Waals surface area contributed by atoms with E-state index in [1.807, 2.05) is 12.1 Å². The molecule has 1 amide bonds. The molecule has 0 aliphatic carbocycles. The SMILES string of the molecule is NC1(C(=O)NCc2ccncc2)CCOCC1. The molecule has 0 spiro atoms. The van der Waals surface area contributed by atoms with E-state index in [9.17, 15) is 4.79 Å². The van der Waals surface area contributed by atoms with E-state index in [1.165, 1.54) is 0 Å². The van der Waals surface area contributed by atoms with Crippen molar-refractivity contribution in [3.05, 3.63) is 30.1 Å². The van der Waals surface area contributed by atoms with E-state index in [1.54, 1.807) is 12.4 Å². The van der Waals surface area contributed by atoms with Crippen LogP contribution in [0.2, 0.25) is 0 Å². The predicted molar refractivity (Wildman–Crippen MR) is 63.1 cm³/mol. The quantitative estimate of drug-likeness (QED) is 0.785. The first-order chi connectivity index (χ1) is 8.21. The maximum atomic E-state index is 12.0.